The van der Waals surface area contributed by atoms with Crippen LogP contribution in [0.15, 0.2) is 51.4 Å². The smallest absolute Gasteiger partial charge is 0.307 e. The lowest BCUT2D eigenvalue weighted by Gasteiger charge is -2.08. The van der Waals surface area contributed by atoms with Gasteiger partial charge >= 0.3 is 6.18 Å². The summed E-state index contributed by atoms with van der Waals surface area (Å²) in [6.07, 6.45) is -2.34. The molecule has 1 aliphatic heterocycles. The molecule has 1 saturated heterocycles. The number of nitrogens with one attached hydrogen (secondary N) is 1. The lowest BCUT2D eigenvalue weighted by Crippen LogP contribution is -2.17. The number of nitro groups is 1. The molecule has 0 radical (unpaired) electrons. The van der Waals surface area contributed by atoms with Crippen LogP contribution in [0.5, 0.6) is 0 Å². The van der Waals surface area contributed by atoms with Crippen molar-refractivity contribution in [2.45, 2.75) is 16.1 Å². The van der Waals surface area contributed by atoms with E-state index in [1.165, 1.54) is 30.3 Å². The first-order valence-corrected chi connectivity index (χ1v) is 9.42. The van der Waals surface area contributed by atoms with E-state index < -0.39 is 22.6 Å². The number of alkyl halides is 3. The summed E-state index contributed by atoms with van der Waals surface area (Å²) < 4.78 is 38.2. The van der Waals surface area contributed by atoms with Crippen molar-refractivity contribution in [2.24, 2.45) is 0 Å². The molecule has 3 rings (SSSR count). The standard InChI is InChI=1S/C16H8F3N3O3S3/c17-16(18,19)9-1-4-13(20-7-9)27-11-3-2-10(22(24)25)5-8(11)6-12-14(23)21-15(26)28-12/h1-7H,(H,21,23,26)/b12-6+. The zero-order valence-corrected chi connectivity index (χ0v) is 16.0. The van der Waals surface area contributed by atoms with Gasteiger partial charge in [0.2, 0.25) is 0 Å². The molecule has 0 aliphatic carbocycles. The van der Waals surface area contributed by atoms with E-state index in [1.54, 1.807) is 0 Å². The average Bonchev–Trinajstić information content (AvgIpc) is 2.93. The number of aromatic nitrogens is 1. The number of thiocarbonyl (C=S) groups is 1. The number of amides is 1. The molecule has 1 aromatic carbocycles. The largest absolute Gasteiger partial charge is 0.417 e. The summed E-state index contributed by atoms with van der Waals surface area (Å²) in [4.78, 5) is 26.9. The van der Waals surface area contributed by atoms with E-state index in [1.807, 2.05) is 0 Å². The van der Waals surface area contributed by atoms with Crippen LogP contribution in [0.4, 0.5) is 18.9 Å². The van der Waals surface area contributed by atoms with Crippen LogP contribution in [0.25, 0.3) is 6.08 Å². The fraction of sp³-hybridized carbons (Fsp3) is 0.0625. The Morgan fingerprint density at radius 1 is 1.29 bits per heavy atom. The fourth-order valence-electron chi connectivity index (χ4n) is 2.14. The molecule has 6 nitrogen and oxygen atoms in total. The van der Waals surface area contributed by atoms with Crippen molar-refractivity contribution < 1.29 is 22.9 Å². The van der Waals surface area contributed by atoms with Crippen molar-refractivity contribution in [3.63, 3.8) is 0 Å². The van der Waals surface area contributed by atoms with Crippen molar-refractivity contribution in [3.8, 4) is 0 Å². The highest BCUT2D eigenvalue weighted by molar-refractivity contribution is 8.26. The Morgan fingerprint density at radius 2 is 2.04 bits per heavy atom. The Hall–Kier alpha value is -2.44. The third-order valence-corrected chi connectivity index (χ3v) is 5.62. The van der Waals surface area contributed by atoms with Crippen LogP contribution in [0, 0.1) is 10.1 Å². The molecule has 1 fully saturated rings. The van der Waals surface area contributed by atoms with E-state index in [0.29, 0.717) is 16.7 Å². The second-order valence-corrected chi connectivity index (χ2v) is 8.10. The van der Waals surface area contributed by atoms with Gasteiger partial charge in [-0.1, -0.05) is 35.7 Å². The van der Waals surface area contributed by atoms with E-state index >= 15 is 0 Å². The van der Waals surface area contributed by atoms with Gasteiger partial charge in [-0.2, -0.15) is 13.2 Å². The SMILES string of the molecule is O=C1NC(=S)S/C1=C/c1cc([N+](=O)[O-])ccc1Sc1ccc(C(F)(F)F)cn1. The highest BCUT2D eigenvalue weighted by Crippen LogP contribution is 2.36. The summed E-state index contributed by atoms with van der Waals surface area (Å²) >= 11 is 6.95. The molecule has 144 valence electrons. The van der Waals surface area contributed by atoms with E-state index in [-0.39, 0.29) is 19.9 Å². The predicted molar refractivity (Wildman–Crippen MR) is 103 cm³/mol. The lowest BCUT2D eigenvalue weighted by atomic mass is 10.2. The third-order valence-electron chi connectivity index (χ3n) is 3.41. The van der Waals surface area contributed by atoms with Gasteiger partial charge in [0, 0.05) is 23.2 Å². The number of non-ortho nitro benzene ring substituents is 1. The topological polar surface area (TPSA) is 85.1 Å². The average molecular weight is 443 g/mol. The maximum absolute atomic E-state index is 12.7. The molecule has 0 spiro atoms. The Morgan fingerprint density at radius 3 is 2.57 bits per heavy atom. The van der Waals surface area contributed by atoms with Gasteiger partial charge in [0.05, 0.1) is 15.4 Å². The first-order chi connectivity index (χ1) is 13.1. The Labute approximate surface area is 169 Å². The quantitative estimate of drug-likeness (QED) is 0.319. The van der Waals surface area contributed by atoms with Crippen molar-refractivity contribution in [1.29, 1.82) is 0 Å². The molecule has 2 heterocycles. The fourth-order valence-corrected chi connectivity index (χ4v) is 4.01. The Kier molecular flexibility index (Phi) is 5.72. The van der Waals surface area contributed by atoms with Crippen LogP contribution >= 0.6 is 35.7 Å². The molecule has 0 atom stereocenters. The molecule has 2 aromatic rings. The van der Waals surface area contributed by atoms with E-state index in [9.17, 15) is 28.1 Å². The number of benzene rings is 1. The van der Waals surface area contributed by atoms with Gasteiger partial charge < -0.3 is 5.32 Å². The van der Waals surface area contributed by atoms with Crippen LogP contribution in [0.1, 0.15) is 11.1 Å². The number of pyridine rings is 1. The number of nitrogens with zero attached hydrogens (tertiary/aromatic N) is 2. The van der Waals surface area contributed by atoms with Crippen LogP contribution in [0.2, 0.25) is 0 Å². The van der Waals surface area contributed by atoms with Crippen molar-refractivity contribution in [2.75, 3.05) is 0 Å². The monoisotopic (exact) mass is 443 g/mol. The highest BCUT2D eigenvalue weighted by atomic mass is 32.2. The molecule has 28 heavy (non-hydrogen) atoms. The first kappa shape index (κ1) is 20.3. The van der Waals surface area contributed by atoms with Crippen LogP contribution < -0.4 is 5.32 Å². The molecule has 0 saturated carbocycles. The lowest BCUT2D eigenvalue weighted by molar-refractivity contribution is -0.384. The van der Waals surface area contributed by atoms with Crippen molar-refractivity contribution >= 4 is 57.7 Å². The summed E-state index contributed by atoms with van der Waals surface area (Å²) in [7, 11) is 0. The van der Waals surface area contributed by atoms with E-state index in [4.69, 9.17) is 12.2 Å². The molecule has 0 bridgehead atoms. The van der Waals surface area contributed by atoms with Crippen molar-refractivity contribution in [1.82, 2.24) is 10.3 Å². The number of carbonyl (C=O) groups excluding carboxylic acids is 1. The first-order valence-electron chi connectivity index (χ1n) is 7.38. The van der Waals surface area contributed by atoms with Gasteiger partial charge in [0.25, 0.3) is 11.6 Å². The summed E-state index contributed by atoms with van der Waals surface area (Å²) in [6.45, 7) is 0. The zero-order valence-electron chi connectivity index (χ0n) is 13.5. The van der Waals surface area contributed by atoms with Crippen molar-refractivity contribution in [3.05, 3.63) is 62.7 Å². The van der Waals surface area contributed by atoms with Gasteiger partial charge in [-0.3, -0.25) is 14.9 Å². The van der Waals surface area contributed by atoms with Gasteiger partial charge in [-0.15, -0.1) is 0 Å². The number of halogens is 3. The molecule has 1 N–H and O–H groups in total. The highest BCUT2D eigenvalue weighted by Gasteiger charge is 2.30. The molecule has 1 aromatic heterocycles. The maximum atomic E-state index is 12.7. The molecule has 1 aliphatic rings. The summed E-state index contributed by atoms with van der Waals surface area (Å²) in [5.74, 6) is -0.426. The summed E-state index contributed by atoms with van der Waals surface area (Å²) in [5, 5.41) is 13.8. The van der Waals surface area contributed by atoms with Gasteiger partial charge in [0.15, 0.2) is 0 Å². The van der Waals surface area contributed by atoms with Gasteiger partial charge in [0.1, 0.15) is 9.35 Å². The molecular formula is C16H8F3N3O3S3. The second-order valence-electron chi connectivity index (χ2n) is 5.32. The maximum Gasteiger partial charge on any atom is 0.417 e. The number of nitro benzene ring substituents is 1. The number of hydrogen-bond donors (Lipinski definition) is 1. The minimum absolute atomic E-state index is 0.192. The molecular weight excluding hydrogens is 435 g/mol. The zero-order chi connectivity index (χ0) is 20.5. The van der Waals surface area contributed by atoms with Gasteiger partial charge in [-0.05, 0) is 29.8 Å². The predicted octanol–water partition coefficient (Wildman–Crippen LogP) is 4.65. The number of thioether (sulfide) groups is 1. The van der Waals surface area contributed by atoms with Gasteiger partial charge in [-0.25, -0.2) is 4.98 Å². The van der Waals surface area contributed by atoms with Crippen LogP contribution in [-0.4, -0.2) is 20.1 Å². The molecule has 12 heteroatoms. The Bertz CT molecular complexity index is 1010. The summed E-state index contributed by atoms with van der Waals surface area (Å²) in [5.41, 5.74) is -0.721. The third kappa shape index (κ3) is 4.69. The number of rotatable bonds is 4. The Balaban J connectivity index is 1.96. The molecule has 1 amide bonds. The van der Waals surface area contributed by atoms with Crippen LogP contribution in [-0.2, 0) is 11.0 Å². The normalized spacial score (nSPS) is 15.8. The van der Waals surface area contributed by atoms with Crippen LogP contribution in [0.3, 0.4) is 0 Å². The summed E-state index contributed by atoms with van der Waals surface area (Å²) in [6, 6.07) is 6.09. The number of hydrogen-bond acceptors (Lipinski definition) is 7. The minimum Gasteiger partial charge on any atom is -0.307 e. The van der Waals surface area contributed by atoms with E-state index in [0.717, 1.165) is 29.6 Å². The molecule has 0 unspecified atom stereocenters. The number of carbonyl (C=O) groups is 1. The minimum atomic E-state index is -4.50. The second kappa shape index (κ2) is 7.89. The van der Waals surface area contributed by atoms with E-state index in [2.05, 4.69) is 10.3 Å².